The van der Waals surface area contributed by atoms with Crippen molar-refractivity contribution in [2.24, 2.45) is 11.3 Å². The highest BCUT2D eigenvalue weighted by atomic mass is 16.2. The summed E-state index contributed by atoms with van der Waals surface area (Å²) in [6.07, 6.45) is 3.14. The Balaban J connectivity index is 1.56. The van der Waals surface area contributed by atoms with Crippen molar-refractivity contribution >= 4 is 17.6 Å². The predicted molar refractivity (Wildman–Crippen MR) is 92.5 cm³/mol. The Bertz CT molecular complexity index is 590. The van der Waals surface area contributed by atoms with Crippen LogP contribution < -0.4 is 10.2 Å². The summed E-state index contributed by atoms with van der Waals surface area (Å²) in [6, 6.07) is 5.85. The largest absolute Gasteiger partial charge is 0.355 e. The number of piperazine rings is 1. The van der Waals surface area contributed by atoms with E-state index in [9.17, 15) is 9.59 Å². The van der Waals surface area contributed by atoms with Gasteiger partial charge in [-0.3, -0.25) is 9.59 Å². The number of anilines is 1. The molecule has 1 aliphatic carbocycles. The van der Waals surface area contributed by atoms with Crippen molar-refractivity contribution in [2.45, 2.75) is 26.7 Å². The van der Waals surface area contributed by atoms with Crippen LogP contribution in [0.15, 0.2) is 24.4 Å². The van der Waals surface area contributed by atoms with Gasteiger partial charge in [-0.1, -0.05) is 19.9 Å². The Hall–Kier alpha value is -2.11. The lowest BCUT2D eigenvalue weighted by Gasteiger charge is -2.37. The van der Waals surface area contributed by atoms with Crippen molar-refractivity contribution in [1.29, 1.82) is 0 Å². The fourth-order valence-electron chi connectivity index (χ4n) is 3.11. The van der Waals surface area contributed by atoms with Gasteiger partial charge in [0.25, 0.3) is 0 Å². The van der Waals surface area contributed by atoms with E-state index < -0.39 is 5.41 Å². The molecule has 6 heteroatoms. The van der Waals surface area contributed by atoms with Gasteiger partial charge in [-0.15, -0.1) is 0 Å². The van der Waals surface area contributed by atoms with E-state index in [0.29, 0.717) is 38.4 Å². The molecule has 1 aromatic heterocycles. The summed E-state index contributed by atoms with van der Waals surface area (Å²) >= 11 is 0. The van der Waals surface area contributed by atoms with E-state index in [1.807, 2.05) is 23.1 Å². The predicted octanol–water partition coefficient (Wildman–Crippen LogP) is 1.28. The quantitative estimate of drug-likeness (QED) is 0.826. The van der Waals surface area contributed by atoms with Crippen molar-refractivity contribution in [3.05, 3.63) is 24.4 Å². The number of hydrogen-bond donors (Lipinski definition) is 1. The SMILES string of the molecule is CC(C)CNC(=O)C1(C(=O)N2CCN(c3ccccn3)CC2)CC1. The molecule has 0 aromatic carbocycles. The molecule has 2 amide bonds. The second kappa shape index (κ2) is 6.79. The maximum absolute atomic E-state index is 12.8. The average Bonchev–Trinajstić information content (AvgIpc) is 3.42. The first-order valence-corrected chi connectivity index (χ1v) is 8.76. The number of hydrogen-bond acceptors (Lipinski definition) is 4. The molecule has 1 aromatic rings. The molecule has 0 spiro atoms. The minimum atomic E-state index is -0.790. The average molecular weight is 330 g/mol. The van der Waals surface area contributed by atoms with Crippen LogP contribution >= 0.6 is 0 Å². The van der Waals surface area contributed by atoms with Gasteiger partial charge in [0.15, 0.2) is 0 Å². The van der Waals surface area contributed by atoms with E-state index in [4.69, 9.17) is 0 Å². The number of rotatable bonds is 5. The molecule has 1 aliphatic heterocycles. The lowest BCUT2D eigenvalue weighted by Crippen LogP contribution is -2.53. The molecular formula is C18H26N4O2. The zero-order valence-corrected chi connectivity index (χ0v) is 14.5. The van der Waals surface area contributed by atoms with Gasteiger partial charge in [0.2, 0.25) is 11.8 Å². The molecule has 0 atom stereocenters. The maximum atomic E-state index is 12.8. The monoisotopic (exact) mass is 330 g/mol. The van der Waals surface area contributed by atoms with Gasteiger partial charge in [0.1, 0.15) is 11.2 Å². The molecule has 2 aliphatic rings. The van der Waals surface area contributed by atoms with Crippen LogP contribution in [0.25, 0.3) is 0 Å². The van der Waals surface area contributed by atoms with Crippen molar-refractivity contribution in [3.63, 3.8) is 0 Å². The molecule has 1 N–H and O–H groups in total. The fraction of sp³-hybridized carbons (Fsp3) is 0.611. The molecule has 3 rings (SSSR count). The summed E-state index contributed by atoms with van der Waals surface area (Å²) in [4.78, 5) is 33.7. The van der Waals surface area contributed by atoms with E-state index >= 15 is 0 Å². The molecular weight excluding hydrogens is 304 g/mol. The first kappa shape index (κ1) is 16.7. The lowest BCUT2D eigenvalue weighted by molar-refractivity contribution is -0.144. The fourth-order valence-corrected chi connectivity index (χ4v) is 3.11. The van der Waals surface area contributed by atoms with Gasteiger partial charge in [0, 0.05) is 38.9 Å². The summed E-state index contributed by atoms with van der Waals surface area (Å²) in [5.74, 6) is 1.25. The number of pyridine rings is 1. The van der Waals surface area contributed by atoms with Crippen LogP contribution in [0.3, 0.4) is 0 Å². The number of aromatic nitrogens is 1. The molecule has 130 valence electrons. The van der Waals surface area contributed by atoms with Crippen LogP contribution in [0, 0.1) is 11.3 Å². The third-order valence-electron chi connectivity index (χ3n) is 4.81. The molecule has 6 nitrogen and oxygen atoms in total. The topological polar surface area (TPSA) is 65.5 Å². The summed E-state index contributed by atoms with van der Waals surface area (Å²) in [6.45, 7) is 7.54. The summed E-state index contributed by atoms with van der Waals surface area (Å²) in [7, 11) is 0. The molecule has 0 bridgehead atoms. The minimum Gasteiger partial charge on any atom is -0.355 e. The normalized spacial score (nSPS) is 19.3. The smallest absolute Gasteiger partial charge is 0.238 e. The number of carbonyl (C=O) groups excluding carboxylic acids is 2. The second-order valence-corrected chi connectivity index (χ2v) is 7.15. The summed E-state index contributed by atoms with van der Waals surface area (Å²) in [5, 5.41) is 2.93. The third-order valence-corrected chi connectivity index (χ3v) is 4.81. The van der Waals surface area contributed by atoms with Crippen molar-refractivity contribution in [3.8, 4) is 0 Å². The minimum absolute atomic E-state index is 0.00410. The van der Waals surface area contributed by atoms with Crippen LogP contribution in [0.5, 0.6) is 0 Å². The highest BCUT2D eigenvalue weighted by Gasteiger charge is 2.58. The van der Waals surface area contributed by atoms with Gasteiger partial charge < -0.3 is 15.1 Å². The van der Waals surface area contributed by atoms with Crippen LogP contribution in [-0.4, -0.2) is 54.4 Å². The molecule has 2 heterocycles. The van der Waals surface area contributed by atoms with Crippen LogP contribution in [-0.2, 0) is 9.59 Å². The van der Waals surface area contributed by atoms with Gasteiger partial charge in [0.05, 0.1) is 0 Å². The molecule has 1 saturated carbocycles. The van der Waals surface area contributed by atoms with Gasteiger partial charge in [-0.25, -0.2) is 4.98 Å². The van der Waals surface area contributed by atoms with Gasteiger partial charge in [-0.2, -0.15) is 0 Å². The van der Waals surface area contributed by atoms with Crippen molar-refractivity contribution in [1.82, 2.24) is 15.2 Å². The standard InChI is InChI=1S/C18H26N4O2/c1-14(2)13-20-16(23)18(6-7-18)17(24)22-11-9-21(10-12-22)15-5-3-4-8-19-15/h3-5,8,14H,6-7,9-13H2,1-2H3,(H,20,23). The lowest BCUT2D eigenvalue weighted by atomic mass is 10.0. The summed E-state index contributed by atoms with van der Waals surface area (Å²) in [5.41, 5.74) is -0.790. The number of nitrogens with zero attached hydrogens (tertiary/aromatic N) is 3. The highest BCUT2D eigenvalue weighted by molar-refractivity contribution is 6.07. The number of nitrogens with one attached hydrogen (secondary N) is 1. The number of carbonyl (C=O) groups is 2. The van der Waals surface area contributed by atoms with E-state index in [1.54, 1.807) is 6.20 Å². The van der Waals surface area contributed by atoms with Gasteiger partial charge in [-0.05, 0) is 30.9 Å². The van der Waals surface area contributed by atoms with E-state index in [0.717, 1.165) is 18.9 Å². The van der Waals surface area contributed by atoms with Crippen LogP contribution in [0.2, 0.25) is 0 Å². The van der Waals surface area contributed by atoms with E-state index in [2.05, 4.69) is 29.0 Å². The zero-order chi connectivity index (χ0) is 17.2. The van der Waals surface area contributed by atoms with Crippen molar-refractivity contribution < 1.29 is 9.59 Å². The highest BCUT2D eigenvalue weighted by Crippen LogP contribution is 2.47. The molecule has 0 unspecified atom stereocenters. The Kier molecular flexibility index (Phi) is 4.73. The Morgan fingerprint density at radius 3 is 2.46 bits per heavy atom. The second-order valence-electron chi connectivity index (χ2n) is 7.15. The Morgan fingerprint density at radius 1 is 1.21 bits per heavy atom. The molecule has 24 heavy (non-hydrogen) atoms. The zero-order valence-electron chi connectivity index (χ0n) is 14.5. The molecule has 1 saturated heterocycles. The van der Waals surface area contributed by atoms with E-state index in [1.165, 1.54) is 0 Å². The molecule has 2 fully saturated rings. The first-order valence-electron chi connectivity index (χ1n) is 8.76. The molecule has 0 radical (unpaired) electrons. The Labute approximate surface area is 143 Å². The first-order chi connectivity index (χ1) is 11.5. The Morgan fingerprint density at radius 2 is 1.92 bits per heavy atom. The van der Waals surface area contributed by atoms with E-state index in [-0.39, 0.29) is 11.8 Å². The summed E-state index contributed by atoms with van der Waals surface area (Å²) < 4.78 is 0. The number of amides is 2. The third kappa shape index (κ3) is 3.37. The van der Waals surface area contributed by atoms with Crippen LogP contribution in [0.4, 0.5) is 5.82 Å². The maximum Gasteiger partial charge on any atom is 0.238 e. The van der Waals surface area contributed by atoms with Gasteiger partial charge >= 0.3 is 0 Å². The van der Waals surface area contributed by atoms with Crippen molar-refractivity contribution in [2.75, 3.05) is 37.6 Å². The van der Waals surface area contributed by atoms with Crippen LogP contribution in [0.1, 0.15) is 26.7 Å².